The predicted octanol–water partition coefficient (Wildman–Crippen LogP) is 1.63. The Morgan fingerprint density at radius 3 is 3.00 bits per heavy atom. The lowest BCUT2D eigenvalue weighted by molar-refractivity contribution is 0.0696. The Labute approximate surface area is 76.0 Å². The number of aromatic carboxylic acids is 1. The zero-order valence-electron chi connectivity index (χ0n) is 7.33. The first-order valence-electron chi connectivity index (χ1n) is 4.18. The van der Waals surface area contributed by atoms with E-state index in [1.54, 1.807) is 12.1 Å². The van der Waals surface area contributed by atoms with Gasteiger partial charge in [0.1, 0.15) is 5.75 Å². The highest BCUT2D eigenvalue weighted by Crippen LogP contribution is 2.29. The Balaban J connectivity index is 2.59. The molecule has 1 aromatic rings. The average molecular weight is 178 g/mol. The molecule has 0 amide bonds. The lowest BCUT2D eigenvalue weighted by Crippen LogP contribution is -2.01. The van der Waals surface area contributed by atoms with Gasteiger partial charge >= 0.3 is 5.97 Å². The molecule has 68 valence electrons. The van der Waals surface area contributed by atoms with Crippen molar-refractivity contribution in [1.82, 2.24) is 0 Å². The van der Waals surface area contributed by atoms with Gasteiger partial charge in [0.2, 0.25) is 0 Å². The molecule has 1 N–H and O–H groups in total. The highest BCUT2D eigenvalue weighted by molar-refractivity contribution is 5.90. The minimum atomic E-state index is -0.868. The molecule has 0 saturated heterocycles. The average Bonchev–Trinajstić information content (AvgIpc) is 2.52. The van der Waals surface area contributed by atoms with E-state index in [9.17, 15) is 4.79 Å². The molecule has 0 atom stereocenters. The Kier molecular flexibility index (Phi) is 1.72. The van der Waals surface area contributed by atoms with Crippen molar-refractivity contribution in [3.63, 3.8) is 0 Å². The second-order valence-electron chi connectivity index (χ2n) is 3.12. The summed E-state index contributed by atoms with van der Waals surface area (Å²) in [6.07, 6.45) is 0.822. The monoisotopic (exact) mass is 178 g/mol. The molecule has 1 aliphatic heterocycles. The first-order chi connectivity index (χ1) is 6.20. The van der Waals surface area contributed by atoms with Gasteiger partial charge in [-0.2, -0.15) is 0 Å². The van der Waals surface area contributed by atoms with E-state index in [4.69, 9.17) is 9.84 Å². The third-order valence-electron chi connectivity index (χ3n) is 2.40. The van der Waals surface area contributed by atoms with Crippen LogP contribution < -0.4 is 4.74 Å². The van der Waals surface area contributed by atoms with Gasteiger partial charge in [-0.25, -0.2) is 4.79 Å². The topological polar surface area (TPSA) is 46.5 Å². The van der Waals surface area contributed by atoms with E-state index < -0.39 is 5.97 Å². The maximum Gasteiger partial charge on any atom is 0.335 e. The molecule has 0 unspecified atom stereocenters. The van der Waals surface area contributed by atoms with Gasteiger partial charge in [-0.15, -0.1) is 0 Å². The molecular formula is C10H10O3. The summed E-state index contributed by atoms with van der Waals surface area (Å²) in [5.41, 5.74) is 2.26. The smallest absolute Gasteiger partial charge is 0.335 e. The van der Waals surface area contributed by atoms with Gasteiger partial charge in [-0.3, -0.25) is 0 Å². The van der Waals surface area contributed by atoms with Crippen LogP contribution in [0.5, 0.6) is 5.75 Å². The Hall–Kier alpha value is -1.51. The van der Waals surface area contributed by atoms with Crippen LogP contribution in [0.1, 0.15) is 21.5 Å². The lowest BCUT2D eigenvalue weighted by atomic mass is 10.0. The van der Waals surface area contributed by atoms with Crippen molar-refractivity contribution in [3.05, 3.63) is 28.8 Å². The van der Waals surface area contributed by atoms with Crippen molar-refractivity contribution in [1.29, 1.82) is 0 Å². The van der Waals surface area contributed by atoms with Crippen molar-refractivity contribution >= 4 is 5.97 Å². The van der Waals surface area contributed by atoms with E-state index in [-0.39, 0.29) is 0 Å². The first-order valence-corrected chi connectivity index (χ1v) is 4.18. The van der Waals surface area contributed by atoms with Crippen LogP contribution >= 0.6 is 0 Å². The number of benzene rings is 1. The number of hydrogen-bond donors (Lipinski definition) is 1. The molecule has 0 saturated carbocycles. The van der Waals surface area contributed by atoms with Crippen molar-refractivity contribution in [3.8, 4) is 5.75 Å². The van der Waals surface area contributed by atoms with Crippen molar-refractivity contribution in [2.24, 2.45) is 0 Å². The fraction of sp³-hybridized carbons (Fsp3) is 0.300. The molecule has 0 radical (unpaired) electrons. The maximum atomic E-state index is 10.8. The van der Waals surface area contributed by atoms with E-state index in [1.165, 1.54) is 0 Å². The zero-order chi connectivity index (χ0) is 9.42. The summed E-state index contributed by atoms with van der Waals surface area (Å²) in [4.78, 5) is 10.8. The minimum absolute atomic E-state index is 0.379. The van der Waals surface area contributed by atoms with Gasteiger partial charge in [0, 0.05) is 12.0 Å². The van der Waals surface area contributed by atoms with Crippen LogP contribution in [0.15, 0.2) is 12.1 Å². The summed E-state index contributed by atoms with van der Waals surface area (Å²) < 4.78 is 5.32. The van der Waals surface area contributed by atoms with Gasteiger partial charge in [0.05, 0.1) is 12.2 Å². The molecule has 0 spiro atoms. The van der Waals surface area contributed by atoms with Gasteiger partial charge < -0.3 is 9.84 Å². The molecule has 1 heterocycles. The molecule has 1 aromatic carbocycles. The van der Waals surface area contributed by atoms with Gasteiger partial charge in [-0.05, 0) is 24.6 Å². The Morgan fingerprint density at radius 2 is 2.31 bits per heavy atom. The number of carbonyl (C=O) groups is 1. The van der Waals surface area contributed by atoms with Crippen molar-refractivity contribution in [2.75, 3.05) is 6.61 Å². The highest BCUT2D eigenvalue weighted by Gasteiger charge is 2.18. The maximum absolute atomic E-state index is 10.8. The molecule has 1 aliphatic rings. The fourth-order valence-electron chi connectivity index (χ4n) is 1.67. The quantitative estimate of drug-likeness (QED) is 0.710. The third kappa shape index (κ3) is 1.16. The zero-order valence-corrected chi connectivity index (χ0v) is 7.33. The van der Waals surface area contributed by atoms with E-state index in [0.29, 0.717) is 12.2 Å². The van der Waals surface area contributed by atoms with Crippen LogP contribution in [0.4, 0.5) is 0 Å². The molecule has 3 heteroatoms. The van der Waals surface area contributed by atoms with E-state index in [2.05, 4.69) is 0 Å². The van der Waals surface area contributed by atoms with Gasteiger partial charge in [0.15, 0.2) is 0 Å². The summed E-state index contributed by atoms with van der Waals surface area (Å²) in [5, 5.41) is 8.86. The van der Waals surface area contributed by atoms with E-state index in [0.717, 1.165) is 23.3 Å². The number of rotatable bonds is 1. The minimum Gasteiger partial charge on any atom is -0.493 e. The van der Waals surface area contributed by atoms with Crippen LogP contribution in [0, 0.1) is 6.92 Å². The Morgan fingerprint density at radius 1 is 1.54 bits per heavy atom. The molecule has 0 fully saturated rings. The van der Waals surface area contributed by atoms with Gasteiger partial charge in [-0.1, -0.05) is 0 Å². The summed E-state index contributed by atoms with van der Waals surface area (Å²) >= 11 is 0. The third-order valence-corrected chi connectivity index (χ3v) is 2.40. The molecule has 3 nitrogen and oxygen atoms in total. The van der Waals surface area contributed by atoms with Crippen LogP contribution in [-0.4, -0.2) is 17.7 Å². The Bertz CT molecular complexity index is 369. The van der Waals surface area contributed by atoms with Crippen molar-refractivity contribution in [2.45, 2.75) is 13.3 Å². The second-order valence-corrected chi connectivity index (χ2v) is 3.12. The predicted molar refractivity (Wildman–Crippen MR) is 47.3 cm³/mol. The number of ether oxygens (including phenoxy) is 1. The first kappa shape index (κ1) is 8.10. The van der Waals surface area contributed by atoms with Crippen LogP contribution in [0.25, 0.3) is 0 Å². The summed E-state index contributed by atoms with van der Waals surface area (Å²) in [7, 11) is 0. The molecule has 0 bridgehead atoms. The van der Waals surface area contributed by atoms with Crippen LogP contribution in [0.3, 0.4) is 0 Å². The van der Waals surface area contributed by atoms with Crippen LogP contribution in [-0.2, 0) is 6.42 Å². The number of carboxylic acid groups (broad SMARTS) is 1. The van der Waals surface area contributed by atoms with E-state index >= 15 is 0 Å². The SMILES string of the molecule is Cc1c(C(=O)O)ccc2c1CCO2. The largest absolute Gasteiger partial charge is 0.493 e. The summed E-state index contributed by atoms with van der Waals surface area (Å²) in [6, 6.07) is 3.33. The molecule has 2 rings (SSSR count). The number of fused-ring (bicyclic) bond motifs is 1. The number of hydrogen-bond acceptors (Lipinski definition) is 2. The fourth-order valence-corrected chi connectivity index (χ4v) is 1.67. The van der Waals surface area contributed by atoms with E-state index in [1.807, 2.05) is 6.92 Å². The molecular weight excluding hydrogens is 168 g/mol. The number of carboxylic acids is 1. The molecule has 0 aromatic heterocycles. The summed E-state index contributed by atoms with van der Waals surface area (Å²) in [6.45, 7) is 2.50. The van der Waals surface area contributed by atoms with Gasteiger partial charge in [0.25, 0.3) is 0 Å². The normalized spacial score (nSPS) is 13.6. The second kappa shape index (κ2) is 2.76. The van der Waals surface area contributed by atoms with Crippen LogP contribution in [0.2, 0.25) is 0 Å². The standard InChI is InChI=1S/C10H10O3/c1-6-7-4-5-13-9(7)3-2-8(6)10(11)12/h2-3H,4-5H2,1H3,(H,11,12). The molecule has 0 aliphatic carbocycles. The van der Waals surface area contributed by atoms with Crippen molar-refractivity contribution < 1.29 is 14.6 Å². The summed E-state index contributed by atoms with van der Waals surface area (Å²) in [5.74, 6) is -0.0327. The lowest BCUT2D eigenvalue weighted by Gasteiger charge is -2.05. The highest BCUT2D eigenvalue weighted by atomic mass is 16.5. The molecule has 13 heavy (non-hydrogen) atoms.